The van der Waals surface area contributed by atoms with Crippen LogP contribution in [0, 0.1) is 0 Å². The van der Waals surface area contributed by atoms with E-state index in [9.17, 15) is 18.4 Å². The van der Waals surface area contributed by atoms with E-state index >= 15 is 0 Å². The molecule has 1 aromatic carbocycles. The van der Waals surface area contributed by atoms with Crippen LogP contribution in [0.2, 0.25) is 0 Å². The van der Waals surface area contributed by atoms with E-state index in [-0.39, 0.29) is 37.7 Å². The quantitative estimate of drug-likeness (QED) is 0.607. The third-order valence-electron chi connectivity index (χ3n) is 2.65. The Balaban J connectivity index is 2.61. The fourth-order valence-electron chi connectivity index (χ4n) is 1.64. The summed E-state index contributed by atoms with van der Waals surface area (Å²) in [6.45, 7) is -1.21. The van der Waals surface area contributed by atoms with Gasteiger partial charge in [-0.25, -0.2) is 0 Å². The highest BCUT2D eigenvalue weighted by Gasteiger charge is 2.12. The summed E-state index contributed by atoms with van der Waals surface area (Å²) in [7, 11) is 0. The van der Waals surface area contributed by atoms with Crippen LogP contribution in [0.4, 0.5) is 8.78 Å². The monoisotopic (exact) mass is 331 g/mol. The molecule has 128 valence electrons. The van der Waals surface area contributed by atoms with E-state index in [1.165, 1.54) is 18.2 Å². The minimum atomic E-state index is -2.95. The number of hydrogen-bond donors (Lipinski definition) is 3. The Labute approximate surface area is 132 Å². The largest absolute Gasteiger partial charge is 0.490 e. The second-order valence-electron chi connectivity index (χ2n) is 4.35. The molecule has 1 rings (SSSR count). The van der Waals surface area contributed by atoms with Crippen molar-refractivity contribution in [1.82, 2.24) is 10.6 Å². The molecular formula is C14H19F2N3O4. The summed E-state index contributed by atoms with van der Waals surface area (Å²) >= 11 is 0. The summed E-state index contributed by atoms with van der Waals surface area (Å²) in [5.74, 6) is -0.756. The van der Waals surface area contributed by atoms with E-state index in [0.29, 0.717) is 5.56 Å². The predicted molar refractivity (Wildman–Crippen MR) is 78.2 cm³/mol. The van der Waals surface area contributed by atoms with Crippen LogP contribution in [0.25, 0.3) is 0 Å². The van der Waals surface area contributed by atoms with Crippen molar-refractivity contribution in [3.05, 3.63) is 23.8 Å². The smallest absolute Gasteiger partial charge is 0.387 e. The normalized spacial score (nSPS) is 10.3. The lowest BCUT2D eigenvalue weighted by atomic mass is 10.2. The second-order valence-corrected chi connectivity index (χ2v) is 4.35. The zero-order valence-corrected chi connectivity index (χ0v) is 12.6. The molecule has 0 aliphatic heterocycles. The van der Waals surface area contributed by atoms with E-state index in [1.54, 1.807) is 6.92 Å². The van der Waals surface area contributed by atoms with Gasteiger partial charge in [-0.15, -0.1) is 0 Å². The van der Waals surface area contributed by atoms with Gasteiger partial charge in [-0.1, -0.05) is 6.07 Å². The van der Waals surface area contributed by atoms with Gasteiger partial charge in [0.15, 0.2) is 11.5 Å². The molecule has 0 aliphatic rings. The first-order valence-electron chi connectivity index (χ1n) is 6.90. The molecule has 0 heterocycles. The predicted octanol–water partition coefficient (Wildman–Crippen LogP) is 0.378. The number of carbonyl (C=O) groups is 2. The topological polar surface area (TPSA) is 103 Å². The van der Waals surface area contributed by atoms with Crippen molar-refractivity contribution in [3.8, 4) is 11.5 Å². The van der Waals surface area contributed by atoms with Gasteiger partial charge in [0.1, 0.15) is 0 Å². The number of benzene rings is 1. The third kappa shape index (κ3) is 6.92. The molecule has 0 aromatic heterocycles. The van der Waals surface area contributed by atoms with Gasteiger partial charge in [-0.3, -0.25) is 9.59 Å². The molecule has 0 atom stereocenters. The van der Waals surface area contributed by atoms with Gasteiger partial charge in [-0.05, 0) is 24.6 Å². The number of halogens is 2. The molecule has 0 radical (unpaired) electrons. The maximum absolute atomic E-state index is 12.3. The van der Waals surface area contributed by atoms with Gasteiger partial charge in [0.25, 0.3) is 0 Å². The summed E-state index contributed by atoms with van der Waals surface area (Å²) in [5, 5.41) is 4.90. The van der Waals surface area contributed by atoms with E-state index in [1.807, 2.05) is 0 Å². The molecular weight excluding hydrogens is 312 g/mol. The summed E-state index contributed by atoms with van der Waals surface area (Å²) in [6.07, 6.45) is 0. The highest BCUT2D eigenvalue weighted by molar-refractivity contribution is 5.85. The number of ether oxygens (including phenoxy) is 2. The van der Waals surface area contributed by atoms with Crippen molar-refractivity contribution >= 4 is 11.8 Å². The van der Waals surface area contributed by atoms with Crippen LogP contribution in [0.5, 0.6) is 11.5 Å². The second kappa shape index (κ2) is 9.57. The number of nitrogens with one attached hydrogen (secondary N) is 2. The van der Waals surface area contributed by atoms with E-state index < -0.39 is 18.4 Å². The lowest BCUT2D eigenvalue weighted by Gasteiger charge is -2.13. The van der Waals surface area contributed by atoms with Crippen molar-refractivity contribution in [1.29, 1.82) is 0 Å². The zero-order chi connectivity index (χ0) is 17.2. The number of alkyl halides is 2. The lowest BCUT2D eigenvalue weighted by molar-refractivity contribution is -0.125. The van der Waals surface area contributed by atoms with Crippen molar-refractivity contribution in [2.75, 3.05) is 19.7 Å². The molecule has 23 heavy (non-hydrogen) atoms. The van der Waals surface area contributed by atoms with E-state index in [4.69, 9.17) is 10.5 Å². The minimum Gasteiger partial charge on any atom is -0.490 e. The highest BCUT2D eigenvalue weighted by Crippen LogP contribution is 2.29. The Morgan fingerprint density at radius 2 is 1.96 bits per heavy atom. The Morgan fingerprint density at radius 1 is 1.22 bits per heavy atom. The summed E-state index contributed by atoms with van der Waals surface area (Å²) in [4.78, 5) is 22.5. The van der Waals surface area contributed by atoms with Crippen molar-refractivity contribution in [2.24, 2.45) is 5.73 Å². The maximum Gasteiger partial charge on any atom is 0.387 e. The summed E-state index contributed by atoms with van der Waals surface area (Å²) in [6, 6.07) is 4.37. The maximum atomic E-state index is 12.3. The molecule has 0 spiro atoms. The van der Waals surface area contributed by atoms with Gasteiger partial charge >= 0.3 is 6.61 Å². The Morgan fingerprint density at radius 3 is 2.57 bits per heavy atom. The first-order chi connectivity index (χ1) is 11.0. The van der Waals surface area contributed by atoms with Crippen molar-refractivity contribution < 1.29 is 27.8 Å². The SMILES string of the molecule is CCOc1cc(CNC(=O)CNC(=O)CN)ccc1OC(F)F. The number of nitrogens with two attached hydrogens (primary N) is 1. The number of hydrogen-bond acceptors (Lipinski definition) is 5. The summed E-state index contributed by atoms with van der Waals surface area (Å²) < 4.78 is 34.2. The number of amides is 2. The average molecular weight is 331 g/mol. The fourth-order valence-corrected chi connectivity index (χ4v) is 1.64. The molecule has 2 amide bonds. The lowest BCUT2D eigenvalue weighted by Crippen LogP contribution is -2.39. The van der Waals surface area contributed by atoms with Gasteiger partial charge in [0.05, 0.1) is 19.7 Å². The Bertz CT molecular complexity index is 541. The molecule has 0 saturated carbocycles. The molecule has 1 aromatic rings. The van der Waals surface area contributed by atoms with Crippen molar-refractivity contribution in [2.45, 2.75) is 20.1 Å². The van der Waals surface area contributed by atoms with Crippen LogP contribution in [0.15, 0.2) is 18.2 Å². The first-order valence-corrected chi connectivity index (χ1v) is 6.90. The van der Waals surface area contributed by atoms with Crippen LogP contribution in [0.3, 0.4) is 0 Å². The van der Waals surface area contributed by atoms with Crippen LogP contribution in [0.1, 0.15) is 12.5 Å². The molecule has 7 nitrogen and oxygen atoms in total. The molecule has 9 heteroatoms. The standard InChI is InChI=1S/C14H19F2N3O4/c1-2-22-11-5-9(3-4-10(11)23-14(15)16)7-18-13(21)8-19-12(20)6-17/h3-5,14H,2,6-8,17H2,1H3,(H,18,21)(H,19,20). The number of rotatable bonds is 9. The average Bonchev–Trinajstić information content (AvgIpc) is 2.52. The van der Waals surface area contributed by atoms with Crippen LogP contribution < -0.4 is 25.8 Å². The zero-order valence-electron chi connectivity index (χ0n) is 12.6. The highest BCUT2D eigenvalue weighted by atomic mass is 19.3. The van der Waals surface area contributed by atoms with Crippen LogP contribution in [-0.4, -0.2) is 38.1 Å². The summed E-state index contributed by atoms with van der Waals surface area (Å²) in [5.41, 5.74) is 5.73. The van der Waals surface area contributed by atoms with Gasteiger partial charge in [0.2, 0.25) is 11.8 Å². The van der Waals surface area contributed by atoms with Crippen LogP contribution in [-0.2, 0) is 16.1 Å². The van der Waals surface area contributed by atoms with Gasteiger partial charge in [0, 0.05) is 6.54 Å². The van der Waals surface area contributed by atoms with E-state index in [2.05, 4.69) is 15.4 Å². The van der Waals surface area contributed by atoms with Crippen LogP contribution >= 0.6 is 0 Å². The molecule has 0 bridgehead atoms. The molecule has 0 fully saturated rings. The first kappa shape index (κ1) is 18.6. The van der Waals surface area contributed by atoms with Crippen molar-refractivity contribution in [3.63, 3.8) is 0 Å². The van der Waals surface area contributed by atoms with Gasteiger partial charge < -0.3 is 25.8 Å². The Hall–Kier alpha value is -2.42. The fraction of sp³-hybridized carbons (Fsp3) is 0.429. The number of carbonyl (C=O) groups excluding carboxylic acids is 2. The molecule has 0 unspecified atom stereocenters. The Kier molecular flexibility index (Phi) is 7.75. The molecule has 0 saturated heterocycles. The van der Waals surface area contributed by atoms with E-state index in [0.717, 1.165) is 0 Å². The third-order valence-corrected chi connectivity index (χ3v) is 2.65. The molecule has 4 N–H and O–H groups in total. The minimum absolute atomic E-state index is 0.0767. The molecule has 0 aliphatic carbocycles. The van der Waals surface area contributed by atoms with Gasteiger partial charge in [-0.2, -0.15) is 8.78 Å².